The van der Waals surface area contributed by atoms with Crippen LogP contribution in [0.5, 0.6) is 5.75 Å². The fourth-order valence-electron chi connectivity index (χ4n) is 1.95. The van der Waals surface area contributed by atoms with Gasteiger partial charge in [-0.3, -0.25) is 4.79 Å². The number of likely N-dealkylation sites (N-methyl/N-ethyl adjacent to an activating group) is 1. The third-order valence-electron chi connectivity index (χ3n) is 3.05. The van der Waals surface area contributed by atoms with E-state index in [0.29, 0.717) is 6.54 Å². The number of amides is 1. The Labute approximate surface area is 127 Å². The Balaban J connectivity index is 0.00000361. The van der Waals surface area contributed by atoms with Crippen molar-refractivity contribution in [1.29, 1.82) is 0 Å². The maximum atomic E-state index is 11.7. The number of ether oxygens (including phenoxy) is 1. The highest BCUT2D eigenvalue weighted by Gasteiger charge is 2.08. The molecule has 1 aromatic rings. The molecule has 1 amide bonds. The molecule has 0 radical (unpaired) electrons. The molecule has 0 bridgehead atoms. The first kappa shape index (κ1) is 18.7. The first-order chi connectivity index (χ1) is 8.93. The summed E-state index contributed by atoms with van der Waals surface area (Å²) in [5.41, 5.74) is 3.33. The number of nitrogens with one attached hydrogen (secondary N) is 2. The zero-order valence-electron chi connectivity index (χ0n) is 12.9. The third-order valence-corrected chi connectivity index (χ3v) is 3.05. The second kappa shape index (κ2) is 8.82. The van der Waals surface area contributed by atoms with Crippen molar-refractivity contribution in [3.63, 3.8) is 0 Å². The Kier molecular flexibility index (Phi) is 8.26. The molecular weight excluding hydrogens is 276 g/mol. The number of hydrogen-bond donors (Lipinski definition) is 2. The average molecular weight is 301 g/mol. The monoisotopic (exact) mass is 300 g/mol. The van der Waals surface area contributed by atoms with Crippen molar-refractivity contribution < 1.29 is 9.53 Å². The zero-order chi connectivity index (χ0) is 14.4. The number of hydrogen-bond acceptors (Lipinski definition) is 3. The lowest BCUT2D eigenvalue weighted by molar-refractivity contribution is -0.123. The lowest BCUT2D eigenvalue weighted by Crippen LogP contribution is -2.39. The van der Waals surface area contributed by atoms with E-state index >= 15 is 0 Å². The molecule has 2 N–H and O–H groups in total. The Hall–Kier alpha value is -1.26. The SMILES string of the molecule is CNC(C)CNC(=O)COc1c(C)cc(C)cc1C.Cl. The van der Waals surface area contributed by atoms with Gasteiger partial charge in [0.15, 0.2) is 6.61 Å². The first-order valence-electron chi connectivity index (χ1n) is 6.58. The van der Waals surface area contributed by atoms with Gasteiger partial charge in [-0.05, 0) is 45.9 Å². The minimum atomic E-state index is -0.0959. The molecule has 0 aliphatic carbocycles. The lowest BCUT2D eigenvalue weighted by Gasteiger charge is -2.14. The Bertz CT molecular complexity index is 426. The van der Waals surface area contributed by atoms with E-state index in [-0.39, 0.29) is 31.0 Å². The largest absolute Gasteiger partial charge is 0.483 e. The highest BCUT2D eigenvalue weighted by molar-refractivity contribution is 5.85. The number of halogens is 1. The Morgan fingerprint density at radius 1 is 1.25 bits per heavy atom. The van der Waals surface area contributed by atoms with Crippen LogP contribution >= 0.6 is 12.4 Å². The van der Waals surface area contributed by atoms with Gasteiger partial charge < -0.3 is 15.4 Å². The smallest absolute Gasteiger partial charge is 0.257 e. The van der Waals surface area contributed by atoms with E-state index in [1.165, 1.54) is 5.56 Å². The van der Waals surface area contributed by atoms with Gasteiger partial charge in [-0.15, -0.1) is 12.4 Å². The van der Waals surface area contributed by atoms with E-state index in [1.54, 1.807) is 0 Å². The zero-order valence-corrected chi connectivity index (χ0v) is 13.7. The maximum Gasteiger partial charge on any atom is 0.257 e. The molecule has 1 aromatic carbocycles. The third kappa shape index (κ3) is 5.80. The standard InChI is InChI=1S/C15H24N2O2.ClH/c1-10-6-11(2)15(12(3)7-10)19-9-14(18)17-8-13(4)16-5;/h6-7,13,16H,8-9H2,1-5H3,(H,17,18);1H. The van der Waals surface area contributed by atoms with Crippen LogP contribution in [0.2, 0.25) is 0 Å². The van der Waals surface area contributed by atoms with Crippen LogP contribution in [0.25, 0.3) is 0 Å². The summed E-state index contributed by atoms with van der Waals surface area (Å²) in [7, 11) is 1.87. The van der Waals surface area contributed by atoms with Crippen LogP contribution in [0.15, 0.2) is 12.1 Å². The van der Waals surface area contributed by atoms with Crippen molar-refractivity contribution in [3.8, 4) is 5.75 Å². The van der Waals surface area contributed by atoms with Crippen LogP contribution in [0.1, 0.15) is 23.6 Å². The van der Waals surface area contributed by atoms with Crippen molar-refractivity contribution in [3.05, 3.63) is 28.8 Å². The molecule has 0 saturated heterocycles. The van der Waals surface area contributed by atoms with E-state index < -0.39 is 0 Å². The van der Waals surface area contributed by atoms with Crippen molar-refractivity contribution in [2.45, 2.75) is 33.7 Å². The predicted octanol–water partition coefficient (Wildman–Crippen LogP) is 2.14. The molecule has 0 aliphatic heterocycles. The van der Waals surface area contributed by atoms with Gasteiger partial charge in [0.25, 0.3) is 5.91 Å². The summed E-state index contributed by atoms with van der Waals surface area (Å²) in [6.45, 7) is 8.71. The van der Waals surface area contributed by atoms with E-state index in [2.05, 4.69) is 29.7 Å². The highest BCUT2D eigenvalue weighted by atomic mass is 35.5. The van der Waals surface area contributed by atoms with Crippen LogP contribution < -0.4 is 15.4 Å². The van der Waals surface area contributed by atoms with Crippen LogP contribution in [0.4, 0.5) is 0 Å². The topological polar surface area (TPSA) is 50.4 Å². The summed E-state index contributed by atoms with van der Waals surface area (Å²) >= 11 is 0. The Morgan fingerprint density at radius 3 is 2.30 bits per heavy atom. The van der Waals surface area contributed by atoms with Gasteiger partial charge in [-0.25, -0.2) is 0 Å². The molecule has 0 heterocycles. The van der Waals surface area contributed by atoms with Crippen molar-refractivity contribution in [1.82, 2.24) is 10.6 Å². The molecule has 0 aliphatic rings. The Morgan fingerprint density at radius 2 is 1.80 bits per heavy atom. The fourth-order valence-corrected chi connectivity index (χ4v) is 1.95. The highest BCUT2D eigenvalue weighted by Crippen LogP contribution is 2.24. The summed E-state index contributed by atoms with van der Waals surface area (Å²) in [4.78, 5) is 11.7. The van der Waals surface area contributed by atoms with E-state index in [0.717, 1.165) is 16.9 Å². The van der Waals surface area contributed by atoms with Crippen LogP contribution in [-0.2, 0) is 4.79 Å². The van der Waals surface area contributed by atoms with Crippen LogP contribution in [0, 0.1) is 20.8 Å². The maximum absolute atomic E-state index is 11.7. The van der Waals surface area contributed by atoms with Crippen LogP contribution in [0.3, 0.4) is 0 Å². The molecule has 20 heavy (non-hydrogen) atoms. The second-order valence-corrected chi connectivity index (χ2v) is 5.01. The number of carbonyl (C=O) groups excluding carboxylic acids is 1. The van der Waals surface area contributed by atoms with Gasteiger partial charge in [0.2, 0.25) is 0 Å². The second-order valence-electron chi connectivity index (χ2n) is 5.01. The predicted molar refractivity (Wildman–Crippen MR) is 84.9 cm³/mol. The number of carbonyl (C=O) groups is 1. The minimum absolute atomic E-state index is 0. The molecule has 0 fully saturated rings. The van der Waals surface area contributed by atoms with Gasteiger partial charge >= 0.3 is 0 Å². The summed E-state index contributed by atoms with van der Waals surface area (Å²) in [6.07, 6.45) is 0. The van der Waals surface area contributed by atoms with Gasteiger partial charge in [-0.2, -0.15) is 0 Å². The normalized spacial score (nSPS) is 11.4. The van der Waals surface area contributed by atoms with E-state index in [1.807, 2.05) is 27.8 Å². The van der Waals surface area contributed by atoms with Crippen molar-refractivity contribution in [2.75, 3.05) is 20.2 Å². The molecule has 0 spiro atoms. The van der Waals surface area contributed by atoms with E-state index in [9.17, 15) is 4.79 Å². The van der Waals surface area contributed by atoms with Crippen LogP contribution in [-0.4, -0.2) is 32.1 Å². The molecule has 114 valence electrons. The molecule has 5 heteroatoms. The fraction of sp³-hybridized carbons (Fsp3) is 0.533. The lowest BCUT2D eigenvalue weighted by atomic mass is 10.1. The molecular formula is C15H25ClN2O2. The first-order valence-corrected chi connectivity index (χ1v) is 6.58. The van der Waals surface area contributed by atoms with Gasteiger partial charge in [0.05, 0.1) is 0 Å². The molecule has 0 aromatic heterocycles. The molecule has 1 atom stereocenters. The summed E-state index contributed by atoms with van der Waals surface area (Å²) in [5, 5.41) is 5.89. The summed E-state index contributed by atoms with van der Waals surface area (Å²) in [6, 6.07) is 4.37. The average Bonchev–Trinajstić information content (AvgIpc) is 2.34. The van der Waals surface area contributed by atoms with Gasteiger partial charge in [0.1, 0.15) is 5.75 Å². The molecule has 1 rings (SSSR count). The van der Waals surface area contributed by atoms with Crippen molar-refractivity contribution >= 4 is 18.3 Å². The number of aryl methyl sites for hydroxylation is 3. The quantitative estimate of drug-likeness (QED) is 0.846. The summed E-state index contributed by atoms with van der Waals surface area (Å²) in [5.74, 6) is 0.712. The number of rotatable bonds is 6. The molecule has 4 nitrogen and oxygen atoms in total. The van der Waals surface area contributed by atoms with E-state index in [4.69, 9.17) is 4.74 Å². The van der Waals surface area contributed by atoms with Gasteiger partial charge in [0, 0.05) is 12.6 Å². The molecule has 1 unspecified atom stereocenters. The molecule has 0 saturated carbocycles. The summed E-state index contributed by atoms with van der Waals surface area (Å²) < 4.78 is 5.62. The number of benzene rings is 1. The van der Waals surface area contributed by atoms with Gasteiger partial charge in [-0.1, -0.05) is 17.7 Å². The van der Waals surface area contributed by atoms with Crippen molar-refractivity contribution in [2.24, 2.45) is 0 Å². The minimum Gasteiger partial charge on any atom is -0.483 e.